The molecular formula is C22H24ClN3O2. The van der Waals surface area contributed by atoms with Crippen molar-refractivity contribution in [1.82, 2.24) is 4.90 Å². The van der Waals surface area contributed by atoms with Crippen LogP contribution >= 0.6 is 11.6 Å². The second kappa shape index (κ2) is 7.86. The van der Waals surface area contributed by atoms with Crippen molar-refractivity contribution in [3.8, 4) is 0 Å². The second-order valence-electron chi connectivity index (χ2n) is 7.44. The van der Waals surface area contributed by atoms with E-state index in [2.05, 4.69) is 22.2 Å². The summed E-state index contributed by atoms with van der Waals surface area (Å²) in [5, 5.41) is 4.64. The number of nitrogens with zero attached hydrogens (tertiary/aromatic N) is 2. The monoisotopic (exact) mass is 397 g/mol. The number of amides is 1. The van der Waals surface area contributed by atoms with E-state index in [1.807, 2.05) is 43.3 Å². The highest BCUT2D eigenvalue weighted by Crippen LogP contribution is 2.30. The minimum atomic E-state index is -0.0825. The summed E-state index contributed by atoms with van der Waals surface area (Å²) < 4.78 is 5.62. The first kappa shape index (κ1) is 18.8. The maximum atomic E-state index is 12.8. The van der Waals surface area contributed by atoms with Crippen molar-refractivity contribution in [2.24, 2.45) is 0 Å². The number of halogens is 1. The van der Waals surface area contributed by atoms with Crippen LogP contribution in [-0.2, 0) is 11.2 Å². The SMILES string of the molecule is Cc1ccc2c(CC(=O)Nc3cc(Cl)ccc3N3CCN(C)CC3)coc2c1. The average molecular weight is 398 g/mol. The first-order chi connectivity index (χ1) is 13.5. The van der Waals surface area contributed by atoms with Gasteiger partial charge in [-0.2, -0.15) is 0 Å². The molecule has 0 saturated carbocycles. The molecule has 1 aromatic heterocycles. The molecule has 28 heavy (non-hydrogen) atoms. The molecule has 2 heterocycles. The number of carbonyl (C=O) groups excluding carboxylic acids is 1. The second-order valence-corrected chi connectivity index (χ2v) is 7.87. The first-order valence-electron chi connectivity index (χ1n) is 9.49. The quantitative estimate of drug-likeness (QED) is 0.712. The minimum Gasteiger partial charge on any atom is -0.464 e. The third-order valence-electron chi connectivity index (χ3n) is 5.24. The van der Waals surface area contributed by atoms with Gasteiger partial charge in [-0.05, 0) is 43.8 Å². The van der Waals surface area contributed by atoms with E-state index in [1.54, 1.807) is 6.26 Å². The zero-order valence-electron chi connectivity index (χ0n) is 16.2. The highest BCUT2D eigenvalue weighted by molar-refractivity contribution is 6.31. The fourth-order valence-electron chi connectivity index (χ4n) is 3.63. The van der Waals surface area contributed by atoms with E-state index in [4.69, 9.17) is 16.0 Å². The molecule has 1 aliphatic heterocycles. The molecule has 0 aliphatic carbocycles. The molecule has 4 rings (SSSR count). The molecule has 1 N–H and O–H groups in total. The van der Waals surface area contributed by atoms with Gasteiger partial charge in [0.25, 0.3) is 0 Å². The van der Waals surface area contributed by atoms with E-state index in [1.165, 1.54) is 0 Å². The number of anilines is 2. The number of carbonyl (C=O) groups is 1. The molecule has 3 aromatic rings. The van der Waals surface area contributed by atoms with Crippen LogP contribution in [-0.4, -0.2) is 44.0 Å². The van der Waals surface area contributed by atoms with Gasteiger partial charge in [0, 0.05) is 42.2 Å². The smallest absolute Gasteiger partial charge is 0.228 e. The normalized spacial score (nSPS) is 15.2. The molecule has 0 atom stereocenters. The van der Waals surface area contributed by atoms with Crippen LogP contribution in [0.25, 0.3) is 11.0 Å². The molecule has 146 valence electrons. The van der Waals surface area contributed by atoms with Gasteiger partial charge in [0.1, 0.15) is 5.58 Å². The van der Waals surface area contributed by atoms with Gasteiger partial charge in [-0.25, -0.2) is 0 Å². The highest BCUT2D eigenvalue weighted by atomic mass is 35.5. The van der Waals surface area contributed by atoms with Crippen molar-refractivity contribution in [2.45, 2.75) is 13.3 Å². The third-order valence-corrected chi connectivity index (χ3v) is 5.47. The molecule has 6 heteroatoms. The number of aryl methyl sites for hydroxylation is 1. The Morgan fingerprint density at radius 2 is 1.93 bits per heavy atom. The summed E-state index contributed by atoms with van der Waals surface area (Å²) in [5.41, 5.74) is 4.59. The van der Waals surface area contributed by atoms with E-state index in [0.717, 1.165) is 59.6 Å². The van der Waals surface area contributed by atoms with Crippen molar-refractivity contribution in [3.63, 3.8) is 0 Å². The summed E-state index contributed by atoms with van der Waals surface area (Å²) in [7, 11) is 2.12. The predicted molar refractivity (Wildman–Crippen MR) is 114 cm³/mol. The highest BCUT2D eigenvalue weighted by Gasteiger charge is 2.19. The molecule has 1 saturated heterocycles. The number of fused-ring (bicyclic) bond motifs is 1. The van der Waals surface area contributed by atoms with Crippen LogP contribution in [0.3, 0.4) is 0 Å². The number of piperazine rings is 1. The third kappa shape index (κ3) is 4.01. The number of rotatable bonds is 4. The Morgan fingerprint density at radius 1 is 1.14 bits per heavy atom. The zero-order chi connectivity index (χ0) is 19.7. The molecule has 1 aliphatic rings. The molecule has 2 aromatic carbocycles. The number of nitrogens with one attached hydrogen (secondary N) is 1. The summed E-state index contributed by atoms with van der Waals surface area (Å²) in [6.07, 6.45) is 1.92. The molecule has 0 bridgehead atoms. The van der Waals surface area contributed by atoms with Crippen molar-refractivity contribution in [3.05, 3.63) is 58.8 Å². The Bertz CT molecular complexity index is 1010. The number of hydrogen-bond acceptors (Lipinski definition) is 4. The fraction of sp³-hybridized carbons (Fsp3) is 0.318. The lowest BCUT2D eigenvalue weighted by molar-refractivity contribution is -0.115. The summed E-state index contributed by atoms with van der Waals surface area (Å²) in [4.78, 5) is 17.4. The summed E-state index contributed by atoms with van der Waals surface area (Å²) in [6.45, 7) is 5.86. The van der Waals surface area contributed by atoms with Gasteiger partial charge >= 0.3 is 0 Å². The molecule has 1 amide bonds. The zero-order valence-corrected chi connectivity index (χ0v) is 16.9. The fourth-order valence-corrected chi connectivity index (χ4v) is 3.80. The Labute approximate surface area is 169 Å². The molecule has 0 radical (unpaired) electrons. The topological polar surface area (TPSA) is 48.7 Å². The van der Waals surface area contributed by atoms with Crippen LogP contribution in [0.15, 0.2) is 47.1 Å². The standard InChI is InChI=1S/C22H24ClN3O2/c1-15-3-5-18-16(14-28-21(18)11-15)12-22(27)24-19-13-17(23)4-6-20(19)26-9-7-25(2)8-10-26/h3-6,11,13-14H,7-10,12H2,1-2H3,(H,24,27). The van der Waals surface area contributed by atoms with Crippen LogP contribution in [0.1, 0.15) is 11.1 Å². The minimum absolute atomic E-state index is 0.0825. The Hall–Kier alpha value is -2.50. The Balaban J connectivity index is 1.53. The van der Waals surface area contributed by atoms with E-state index >= 15 is 0 Å². The van der Waals surface area contributed by atoms with Crippen LogP contribution in [0.2, 0.25) is 5.02 Å². The van der Waals surface area contributed by atoms with Crippen molar-refractivity contribution in [2.75, 3.05) is 43.4 Å². The van der Waals surface area contributed by atoms with Gasteiger partial charge in [0.2, 0.25) is 5.91 Å². The Morgan fingerprint density at radius 3 is 2.71 bits per heavy atom. The summed E-state index contributed by atoms with van der Waals surface area (Å²) in [6, 6.07) is 11.7. The number of benzene rings is 2. The van der Waals surface area contributed by atoms with Crippen LogP contribution in [0, 0.1) is 6.92 Å². The van der Waals surface area contributed by atoms with Gasteiger partial charge < -0.3 is 19.5 Å². The van der Waals surface area contributed by atoms with Gasteiger partial charge in [-0.1, -0.05) is 23.7 Å². The lowest BCUT2D eigenvalue weighted by Gasteiger charge is -2.35. The van der Waals surface area contributed by atoms with Gasteiger partial charge in [0.05, 0.1) is 24.1 Å². The summed E-state index contributed by atoms with van der Waals surface area (Å²) >= 11 is 6.20. The summed E-state index contributed by atoms with van der Waals surface area (Å²) in [5.74, 6) is -0.0825. The average Bonchev–Trinajstić information content (AvgIpc) is 3.04. The largest absolute Gasteiger partial charge is 0.464 e. The Kier molecular flexibility index (Phi) is 5.29. The molecule has 5 nitrogen and oxygen atoms in total. The number of hydrogen-bond donors (Lipinski definition) is 1. The maximum Gasteiger partial charge on any atom is 0.228 e. The van der Waals surface area contributed by atoms with Crippen molar-refractivity contribution in [1.29, 1.82) is 0 Å². The van der Waals surface area contributed by atoms with Crippen molar-refractivity contribution < 1.29 is 9.21 Å². The van der Waals surface area contributed by atoms with E-state index in [0.29, 0.717) is 5.02 Å². The van der Waals surface area contributed by atoms with Gasteiger partial charge in [0.15, 0.2) is 0 Å². The van der Waals surface area contributed by atoms with Crippen LogP contribution in [0.5, 0.6) is 0 Å². The number of furan rings is 1. The van der Waals surface area contributed by atoms with Crippen molar-refractivity contribution >= 4 is 39.9 Å². The maximum absolute atomic E-state index is 12.8. The van der Waals surface area contributed by atoms with Gasteiger partial charge in [-0.3, -0.25) is 4.79 Å². The molecular weight excluding hydrogens is 374 g/mol. The van der Waals surface area contributed by atoms with Crippen LogP contribution in [0.4, 0.5) is 11.4 Å². The lowest BCUT2D eigenvalue weighted by Crippen LogP contribution is -2.44. The predicted octanol–water partition coefficient (Wildman–Crippen LogP) is 4.33. The van der Waals surface area contributed by atoms with Gasteiger partial charge in [-0.15, -0.1) is 0 Å². The van der Waals surface area contributed by atoms with Crippen LogP contribution < -0.4 is 10.2 Å². The van der Waals surface area contributed by atoms with E-state index < -0.39 is 0 Å². The van der Waals surface area contributed by atoms with E-state index in [-0.39, 0.29) is 12.3 Å². The molecule has 0 spiro atoms. The van der Waals surface area contributed by atoms with E-state index in [9.17, 15) is 4.79 Å². The molecule has 1 fully saturated rings. The lowest BCUT2D eigenvalue weighted by atomic mass is 10.1. The first-order valence-corrected chi connectivity index (χ1v) is 9.87. The number of likely N-dealkylation sites (N-methyl/N-ethyl adjacent to an activating group) is 1. The molecule has 0 unspecified atom stereocenters.